The Bertz CT molecular complexity index is 591. The third kappa shape index (κ3) is 1.74. The SMILES string of the molecule is Cc1ccc2c(c1)CC(=O)Nc1cc(N)ccc1-2. The second-order valence-electron chi connectivity index (χ2n) is 4.69. The summed E-state index contributed by atoms with van der Waals surface area (Å²) in [7, 11) is 0. The molecule has 3 heteroatoms. The first-order chi connectivity index (χ1) is 8.63. The summed E-state index contributed by atoms with van der Waals surface area (Å²) in [5.74, 6) is 0.00574. The number of nitrogens with one attached hydrogen (secondary N) is 1. The van der Waals surface area contributed by atoms with Crippen molar-refractivity contribution in [2.75, 3.05) is 11.1 Å². The van der Waals surface area contributed by atoms with E-state index in [1.807, 2.05) is 25.1 Å². The van der Waals surface area contributed by atoms with Crippen LogP contribution in [-0.2, 0) is 11.2 Å². The van der Waals surface area contributed by atoms with Gasteiger partial charge in [-0.1, -0.05) is 29.8 Å². The maximum atomic E-state index is 11.9. The molecule has 0 saturated heterocycles. The zero-order valence-corrected chi connectivity index (χ0v) is 10.2. The Morgan fingerprint density at radius 3 is 2.72 bits per heavy atom. The fraction of sp³-hybridized carbons (Fsp3) is 0.133. The van der Waals surface area contributed by atoms with E-state index in [1.54, 1.807) is 0 Å². The van der Waals surface area contributed by atoms with Crippen molar-refractivity contribution in [3.8, 4) is 11.1 Å². The maximum Gasteiger partial charge on any atom is 0.228 e. The van der Waals surface area contributed by atoms with E-state index in [1.165, 1.54) is 5.56 Å². The van der Waals surface area contributed by atoms with Crippen LogP contribution >= 0.6 is 0 Å². The second kappa shape index (κ2) is 3.88. The van der Waals surface area contributed by atoms with Crippen molar-refractivity contribution < 1.29 is 4.79 Å². The molecule has 90 valence electrons. The number of anilines is 2. The van der Waals surface area contributed by atoms with Gasteiger partial charge >= 0.3 is 0 Å². The molecule has 0 radical (unpaired) electrons. The summed E-state index contributed by atoms with van der Waals surface area (Å²) in [5.41, 5.74) is 11.6. The Hall–Kier alpha value is -2.29. The van der Waals surface area contributed by atoms with Gasteiger partial charge in [0.25, 0.3) is 0 Å². The summed E-state index contributed by atoms with van der Waals surface area (Å²) in [6.45, 7) is 2.03. The first-order valence-corrected chi connectivity index (χ1v) is 5.93. The van der Waals surface area contributed by atoms with E-state index < -0.39 is 0 Å². The molecular formula is C15H14N2O. The molecule has 1 aliphatic heterocycles. The van der Waals surface area contributed by atoms with Crippen LogP contribution in [0.5, 0.6) is 0 Å². The standard InChI is InChI=1S/C15H14N2O/c1-9-2-4-12-10(6-9)7-15(18)17-14-8-11(16)3-5-13(12)14/h2-6,8H,7,16H2,1H3,(H,17,18). The van der Waals surface area contributed by atoms with Gasteiger partial charge in [0.05, 0.1) is 12.1 Å². The number of aryl methyl sites for hydroxylation is 1. The van der Waals surface area contributed by atoms with Gasteiger partial charge in [0, 0.05) is 11.3 Å². The van der Waals surface area contributed by atoms with E-state index in [0.717, 1.165) is 22.4 Å². The van der Waals surface area contributed by atoms with Crippen LogP contribution in [0.3, 0.4) is 0 Å². The molecule has 0 aliphatic carbocycles. The third-order valence-corrected chi connectivity index (χ3v) is 3.22. The highest BCUT2D eigenvalue weighted by Gasteiger charge is 2.18. The van der Waals surface area contributed by atoms with E-state index in [-0.39, 0.29) is 5.91 Å². The lowest BCUT2D eigenvalue weighted by atomic mass is 9.96. The molecule has 3 nitrogen and oxygen atoms in total. The lowest BCUT2D eigenvalue weighted by Crippen LogP contribution is -2.12. The topological polar surface area (TPSA) is 55.1 Å². The molecule has 2 aromatic carbocycles. The zero-order valence-electron chi connectivity index (χ0n) is 10.2. The second-order valence-corrected chi connectivity index (χ2v) is 4.69. The Morgan fingerprint density at radius 2 is 1.89 bits per heavy atom. The average molecular weight is 238 g/mol. The summed E-state index contributed by atoms with van der Waals surface area (Å²) in [4.78, 5) is 11.9. The van der Waals surface area contributed by atoms with E-state index in [4.69, 9.17) is 5.73 Å². The molecule has 0 bridgehead atoms. The monoisotopic (exact) mass is 238 g/mol. The highest BCUT2D eigenvalue weighted by atomic mass is 16.1. The Kier molecular flexibility index (Phi) is 2.33. The van der Waals surface area contributed by atoms with Crippen molar-refractivity contribution in [3.63, 3.8) is 0 Å². The number of carbonyl (C=O) groups is 1. The van der Waals surface area contributed by atoms with Crippen molar-refractivity contribution in [2.24, 2.45) is 0 Å². The molecule has 0 spiro atoms. The van der Waals surface area contributed by atoms with Gasteiger partial charge in [0.15, 0.2) is 0 Å². The van der Waals surface area contributed by atoms with Crippen LogP contribution in [0, 0.1) is 6.92 Å². The number of hydrogen-bond donors (Lipinski definition) is 2. The normalized spacial score (nSPS) is 13.3. The van der Waals surface area contributed by atoms with Gasteiger partial charge in [-0.15, -0.1) is 0 Å². The van der Waals surface area contributed by atoms with Crippen LogP contribution in [0.15, 0.2) is 36.4 Å². The van der Waals surface area contributed by atoms with E-state index in [0.29, 0.717) is 12.1 Å². The molecular weight excluding hydrogens is 224 g/mol. The molecule has 1 heterocycles. The third-order valence-electron chi connectivity index (χ3n) is 3.22. The molecule has 1 aliphatic rings. The fourth-order valence-corrected chi connectivity index (χ4v) is 2.40. The summed E-state index contributed by atoms with van der Waals surface area (Å²) in [6, 6.07) is 11.8. The van der Waals surface area contributed by atoms with Gasteiger partial charge in [0.1, 0.15) is 0 Å². The van der Waals surface area contributed by atoms with Gasteiger partial charge in [-0.3, -0.25) is 4.79 Å². The zero-order chi connectivity index (χ0) is 12.7. The number of nitrogen functional groups attached to an aromatic ring is 1. The number of fused-ring (bicyclic) bond motifs is 3. The number of hydrogen-bond acceptors (Lipinski definition) is 2. The Balaban J connectivity index is 2.28. The number of rotatable bonds is 0. The van der Waals surface area contributed by atoms with Crippen molar-refractivity contribution >= 4 is 17.3 Å². The first-order valence-electron chi connectivity index (χ1n) is 5.93. The highest BCUT2D eigenvalue weighted by molar-refractivity contribution is 6.01. The van der Waals surface area contributed by atoms with Crippen LogP contribution in [0.2, 0.25) is 0 Å². The van der Waals surface area contributed by atoms with E-state index in [2.05, 4.69) is 23.5 Å². The molecule has 0 atom stereocenters. The lowest BCUT2D eigenvalue weighted by molar-refractivity contribution is -0.115. The van der Waals surface area contributed by atoms with Crippen molar-refractivity contribution in [1.82, 2.24) is 0 Å². The minimum atomic E-state index is 0.00574. The van der Waals surface area contributed by atoms with Crippen LogP contribution < -0.4 is 11.1 Å². The van der Waals surface area contributed by atoms with Crippen LogP contribution in [0.4, 0.5) is 11.4 Å². The van der Waals surface area contributed by atoms with Gasteiger partial charge in [-0.05, 0) is 30.2 Å². The van der Waals surface area contributed by atoms with Crippen molar-refractivity contribution in [1.29, 1.82) is 0 Å². The number of amides is 1. The van der Waals surface area contributed by atoms with Crippen LogP contribution in [-0.4, -0.2) is 5.91 Å². The van der Waals surface area contributed by atoms with Crippen molar-refractivity contribution in [2.45, 2.75) is 13.3 Å². The lowest BCUT2D eigenvalue weighted by Gasteiger charge is -2.10. The van der Waals surface area contributed by atoms with Gasteiger partial charge < -0.3 is 11.1 Å². The first kappa shape index (κ1) is 10.8. The van der Waals surface area contributed by atoms with Gasteiger partial charge in [-0.25, -0.2) is 0 Å². The minimum Gasteiger partial charge on any atom is -0.399 e. The van der Waals surface area contributed by atoms with Crippen LogP contribution in [0.1, 0.15) is 11.1 Å². The molecule has 0 aromatic heterocycles. The summed E-state index contributed by atoms with van der Waals surface area (Å²) in [6.07, 6.45) is 0.408. The van der Waals surface area contributed by atoms with Gasteiger partial charge in [0.2, 0.25) is 5.91 Å². The van der Waals surface area contributed by atoms with E-state index >= 15 is 0 Å². The molecule has 18 heavy (non-hydrogen) atoms. The molecule has 0 fully saturated rings. The number of benzene rings is 2. The number of nitrogens with two attached hydrogens (primary N) is 1. The van der Waals surface area contributed by atoms with Crippen LogP contribution in [0.25, 0.3) is 11.1 Å². The molecule has 2 aromatic rings. The smallest absolute Gasteiger partial charge is 0.228 e. The summed E-state index contributed by atoms with van der Waals surface area (Å²) < 4.78 is 0. The average Bonchev–Trinajstić information content (AvgIpc) is 2.42. The van der Waals surface area contributed by atoms with Gasteiger partial charge in [-0.2, -0.15) is 0 Å². The molecule has 3 N–H and O–H groups in total. The summed E-state index contributed by atoms with van der Waals surface area (Å²) >= 11 is 0. The fourth-order valence-electron chi connectivity index (χ4n) is 2.40. The van der Waals surface area contributed by atoms with Crippen molar-refractivity contribution in [3.05, 3.63) is 47.5 Å². The quantitative estimate of drug-likeness (QED) is 0.693. The summed E-state index contributed by atoms with van der Waals surface area (Å²) in [5, 5.41) is 2.91. The molecule has 0 saturated carbocycles. The molecule has 0 unspecified atom stereocenters. The number of carbonyl (C=O) groups excluding carboxylic acids is 1. The predicted molar refractivity (Wildman–Crippen MR) is 73.4 cm³/mol. The largest absolute Gasteiger partial charge is 0.399 e. The Morgan fingerprint density at radius 1 is 1.11 bits per heavy atom. The minimum absolute atomic E-state index is 0.00574. The molecule has 3 rings (SSSR count). The maximum absolute atomic E-state index is 11.9. The predicted octanol–water partition coefficient (Wildman–Crippen LogP) is 2.74. The molecule has 1 amide bonds. The van der Waals surface area contributed by atoms with E-state index in [9.17, 15) is 4.79 Å². The highest BCUT2D eigenvalue weighted by Crippen LogP contribution is 2.35. The Labute approximate surface area is 106 Å².